The summed E-state index contributed by atoms with van der Waals surface area (Å²) in [5.74, 6) is -1.00. The number of carbonyl (C=O) groups is 1. The summed E-state index contributed by atoms with van der Waals surface area (Å²) in [6, 6.07) is 2.04. The van der Waals surface area contributed by atoms with E-state index in [0.29, 0.717) is 0 Å². The molecular formula is C14H17N3O8S. The van der Waals surface area contributed by atoms with Crippen LogP contribution in [0.4, 0.5) is 11.4 Å². The molecule has 2 rings (SSSR count). The molecule has 1 aromatic carbocycles. The van der Waals surface area contributed by atoms with Crippen molar-refractivity contribution in [1.82, 2.24) is 4.90 Å². The van der Waals surface area contributed by atoms with Gasteiger partial charge in [0.15, 0.2) is 9.84 Å². The van der Waals surface area contributed by atoms with Crippen LogP contribution in [0.5, 0.6) is 0 Å². The van der Waals surface area contributed by atoms with E-state index in [1.807, 2.05) is 0 Å². The number of methoxy groups -OCH3 is 1. The van der Waals surface area contributed by atoms with Gasteiger partial charge >= 0.3 is 0 Å². The largest absolute Gasteiger partial charge is 0.383 e. The van der Waals surface area contributed by atoms with Crippen LogP contribution in [0.3, 0.4) is 0 Å². The average Bonchev–Trinajstić information content (AvgIpc) is 2.94. The summed E-state index contributed by atoms with van der Waals surface area (Å²) in [4.78, 5) is 34.4. The molecule has 0 bridgehead atoms. The van der Waals surface area contributed by atoms with Crippen molar-refractivity contribution in [1.29, 1.82) is 0 Å². The fraction of sp³-hybridized carbons (Fsp3) is 0.500. The van der Waals surface area contributed by atoms with E-state index in [1.165, 1.54) is 12.0 Å². The quantitative estimate of drug-likeness (QED) is 0.492. The third-order valence-electron chi connectivity index (χ3n) is 4.02. The monoisotopic (exact) mass is 387 g/mol. The number of carbonyl (C=O) groups excluding carboxylic acids is 1. The molecule has 0 spiro atoms. The Labute approximate surface area is 148 Å². The van der Waals surface area contributed by atoms with E-state index >= 15 is 0 Å². The first-order valence-electron chi connectivity index (χ1n) is 7.59. The number of ether oxygens (including phenoxy) is 1. The highest BCUT2D eigenvalue weighted by Gasteiger charge is 2.35. The standard InChI is InChI=1S/C14H17N3O8S/c1-25-4-3-15(11-2-5-26(23,24)9-11)14(18)10-6-12(16(19)20)8-13(7-10)17(21)22/h6-8,11H,2-5,9H2,1H3. The van der Waals surface area contributed by atoms with Crippen molar-refractivity contribution in [2.45, 2.75) is 12.5 Å². The molecule has 11 nitrogen and oxygen atoms in total. The number of nitro benzene ring substituents is 2. The number of hydrogen-bond donors (Lipinski definition) is 0. The van der Waals surface area contributed by atoms with Crippen molar-refractivity contribution in [3.63, 3.8) is 0 Å². The number of hydrogen-bond acceptors (Lipinski definition) is 8. The van der Waals surface area contributed by atoms with Gasteiger partial charge in [-0.1, -0.05) is 0 Å². The second-order valence-corrected chi connectivity index (χ2v) is 8.03. The molecule has 1 aromatic rings. The van der Waals surface area contributed by atoms with E-state index in [1.54, 1.807) is 0 Å². The van der Waals surface area contributed by atoms with E-state index in [4.69, 9.17) is 4.74 Å². The zero-order valence-corrected chi connectivity index (χ0v) is 14.7. The minimum atomic E-state index is -3.28. The molecule has 1 atom stereocenters. The Bertz CT molecular complexity index is 806. The first-order valence-corrected chi connectivity index (χ1v) is 9.41. The molecule has 1 unspecified atom stereocenters. The fourth-order valence-corrected chi connectivity index (χ4v) is 4.49. The van der Waals surface area contributed by atoms with Crippen LogP contribution in [-0.2, 0) is 14.6 Å². The lowest BCUT2D eigenvalue weighted by Crippen LogP contribution is -2.43. The van der Waals surface area contributed by atoms with Gasteiger partial charge in [-0.15, -0.1) is 0 Å². The van der Waals surface area contributed by atoms with Gasteiger partial charge in [0.1, 0.15) is 0 Å². The van der Waals surface area contributed by atoms with Crippen LogP contribution >= 0.6 is 0 Å². The van der Waals surface area contributed by atoms with Gasteiger partial charge in [0.25, 0.3) is 17.3 Å². The SMILES string of the molecule is COCCN(C(=O)c1cc([N+](=O)[O-])cc([N+](=O)[O-])c1)C1CCS(=O)(=O)C1. The lowest BCUT2D eigenvalue weighted by atomic mass is 10.1. The van der Waals surface area contributed by atoms with Crippen LogP contribution < -0.4 is 0 Å². The number of non-ortho nitro benzene ring substituents is 2. The summed E-state index contributed by atoms with van der Waals surface area (Å²) in [5, 5.41) is 22.0. The molecule has 1 heterocycles. The molecule has 12 heteroatoms. The van der Waals surface area contributed by atoms with Gasteiger partial charge in [0, 0.05) is 31.8 Å². The van der Waals surface area contributed by atoms with E-state index in [-0.39, 0.29) is 36.6 Å². The summed E-state index contributed by atoms with van der Waals surface area (Å²) >= 11 is 0. The maximum absolute atomic E-state index is 12.8. The van der Waals surface area contributed by atoms with Crippen molar-refractivity contribution in [3.8, 4) is 0 Å². The van der Waals surface area contributed by atoms with Gasteiger partial charge < -0.3 is 9.64 Å². The normalized spacial score (nSPS) is 18.4. The number of rotatable bonds is 7. The van der Waals surface area contributed by atoms with Gasteiger partial charge in [0.05, 0.1) is 39.6 Å². The Balaban J connectivity index is 2.41. The molecule has 1 aliphatic heterocycles. The highest BCUT2D eigenvalue weighted by molar-refractivity contribution is 7.91. The lowest BCUT2D eigenvalue weighted by Gasteiger charge is -2.28. The van der Waals surface area contributed by atoms with E-state index < -0.39 is 43.0 Å². The maximum atomic E-state index is 12.8. The lowest BCUT2D eigenvalue weighted by molar-refractivity contribution is -0.394. The molecule has 26 heavy (non-hydrogen) atoms. The summed E-state index contributed by atoms with van der Waals surface area (Å²) in [6.07, 6.45) is 0.231. The van der Waals surface area contributed by atoms with Crippen molar-refractivity contribution in [2.75, 3.05) is 31.8 Å². The van der Waals surface area contributed by atoms with Crippen molar-refractivity contribution in [3.05, 3.63) is 44.0 Å². The predicted octanol–water partition coefficient (Wildman–Crippen LogP) is 0.779. The number of nitro groups is 2. The molecule has 1 amide bonds. The molecule has 0 aliphatic carbocycles. The number of benzene rings is 1. The molecule has 1 fully saturated rings. The van der Waals surface area contributed by atoms with Crippen LogP contribution in [-0.4, -0.2) is 66.9 Å². The molecule has 0 saturated carbocycles. The van der Waals surface area contributed by atoms with Gasteiger partial charge in [-0.25, -0.2) is 8.42 Å². The van der Waals surface area contributed by atoms with Crippen molar-refractivity contribution < 1.29 is 27.8 Å². The topological polar surface area (TPSA) is 150 Å². The Hall–Kier alpha value is -2.60. The summed E-state index contributed by atoms with van der Waals surface area (Å²) < 4.78 is 28.4. The molecule has 1 saturated heterocycles. The Kier molecular flexibility index (Phi) is 5.87. The van der Waals surface area contributed by atoms with Crippen LogP contribution in [0.1, 0.15) is 16.8 Å². The second-order valence-electron chi connectivity index (χ2n) is 5.80. The minimum absolute atomic E-state index is 0.0615. The minimum Gasteiger partial charge on any atom is -0.383 e. The van der Waals surface area contributed by atoms with Gasteiger partial charge in [0.2, 0.25) is 0 Å². The Morgan fingerprint density at radius 2 is 1.81 bits per heavy atom. The molecule has 0 aromatic heterocycles. The third kappa shape index (κ3) is 4.52. The number of sulfone groups is 1. The van der Waals surface area contributed by atoms with E-state index in [2.05, 4.69) is 0 Å². The zero-order valence-electron chi connectivity index (χ0n) is 13.9. The fourth-order valence-electron chi connectivity index (χ4n) is 2.76. The second kappa shape index (κ2) is 7.74. The molecule has 142 valence electrons. The van der Waals surface area contributed by atoms with Gasteiger partial charge in [-0.05, 0) is 6.42 Å². The molecule has 0 radical (unpaired) electrons. The highest BCUT2D eigenvalue weighted by Crippen LogP contribution is 2.26. The third-order valence-corrected chi connectivity index (χ3v) is 5.77. The van der Waals surface area contributed by atoms with Crippen molar-refractivity contribution >= 4 is 27.1 Å². The van der Waals surface area contributed by atoms with Crippen molar-refractivity contribution in [2.24, 2.45) is 0 Å². The smallest absolute Gasteiger partial charge is 0.277 e. The Morgan fingerprint density at radius 3 is 2.23 bits per heavy atom. The summed E-state index contributed by atoms with van der Waals surface area (Å²) in [5.41, 5.74) is -1.42. The number of amides is 1. The van der Waals surface area contributed by atoms with Gasteiger partial charge in [-0.3, -0.25) is 25.0 Å². The first-order chi connectivity index (χ1) is 12.1. The van der Waals surface area contributed by atoms with E-state index in [9.17, 15) is 33.4 Å². The zero-order chi connectivity index (χ0) is 19.5. The number of nitrogens with zero attached hydrogens (tertiary/aromatic N) is 3. The average molecular weight is 387 g/mol. The predicted molar refractivity (Wildman–Crippen MR) is 89.7 cm³/mol. The maximum Gasteiger partial charge on any atom is 0.277 e. The van der Waals surface area contributed by atoms with Gasteiger partial charge in [-0.2, -0.15) is 0 Å². The van der Waals surface area contributed by atoms with Crippen LogP contribution in [0.25, 0.3) is 0 Å². The Morgan fingerprint density at radius 1 is 1.23 bits per heavy atom. The molecular weight excluding hydrogens is 370 g/mol. The highest BCUT2D eigenvalue weighted by atomic mass is 32.2. The first kappa shape index (κ1) is 19.7. The molecule has 1 aliphatic rings. The summed E-state index contributed by atoms with van der Waals surface area (Å²) in [6.45, 7) is 0.186. The van der Waals surface area contributed by atoms with Crippen LogP contribution in [0.2, 0.25) is 0 Å². The van der Waals surface area contributed by atoms with Crippen LogP contribution in [0, 0.1) is 20.2 Å². The van der Waals surface area contributed by atoms with Crippen LogP contribution in [0.15, 0.2) is 18.2 Å². The summed E-state index contributed by atoms with van der Waals surface area (Å²) in [7, 11) is -1.87. The molecule has 0 N–H and O–H groups in total. The van der Waals surface area contributed by atoms with E-state index in [0.717, 1.165) is 18.2 Å².